The molecule has 0 saturated carbocycles. The van der Waals surface area contributed by atoms with Gasteiger partial charge in [0.05, 0.1) is 0 Å². The first kappa shape index (κ1) is 13.2. The molecule has 0 aromatic heterocycles. The van der Waals surface area contributed by atoms with Crippen LogP contribution in [0.25, 0.3) is 0 Å². The molecule has 1 aromatic carbocycles. The minimum absolute atomic E-state index is 0.0621. The third kappa shape index (κ3) is 2.30. The van der Waals surface area contributed by atoms with Gasteiger partial charge < -0.3 is 15.2 Å². The van der Waals surface area contributed by atoms with Gasteiger partial charge in [0.25, 0.3) is 0 Å². The lowest BCUT2D eigenvalue weighted by Crippen LogP contribution is -2.10. The minimum Gasteiger partial charge on any atom is -0.454 e. The Labute approximate surface area is 107 Å². The molecule has 1 aromatic rings. The average Bonchev–Trinajstić information content (AvgIpc) is 2.74. The van der Waals surface area contributed by atoms with Crippen LogP contribution in [-0.4, -0.2) is 28.0 Å². The second-order valence-electron chi connectivity index (χ2n) is 4.47. The molecule has 1 aliphatic rings. The maximum absolute atomic E-state index is 12.0. The van der Waals surface area contributed by atoms with Gasteiger partial charge in [0.1, 0.15) is 4.90 Å². The Morgan fingerprint density at radius 1 is 1.39 bits per heavy atom. The van der Waals surface area contributed by atoms with Crippen LogP contribution in [0.2, 0.25) is 0 Å². The molecule has 1 heterocycles. The van der Waals surface area contributed by atoms with Crippen LogP contribution < -0.4 is 15.2 Å². The predicted molar refractivity (Wildman–Crippen MR) is 67.8 cm³/mol. The van der Waals surface area contributed by atoms with E-state index in [1.807, 2.05) is 6.92 Å². The van der Waals surface area contributed by atoms with Crippen LogP contribution in [0, 0.1) is 0 Å². The van der Waals surface area contributed by atoms with Gasteiger partial charge >= 0.3 is 0 Å². The third-order valence-electron chi connectivity index (χ3n) is 3.03. The van der Waals surface area contributed by atoms with Gasteiger partial charge in [-0.05, 0) is 30.5 Å². The standard InChI is InChI=1S/C12H17NO4S/c1-8(5-6-13)9-3-4-10-11(17-7-16-10)12(9)18(2,14)15/h3-4,8H,5-7,13H2,1-2H3. The van der Waals surface area contributed by atoms with Crippen molar-refractivity contribution in [1.29, 1.82) is 0 Å². The van der Waals surface area contributed by atoms with Crippen LogP contribution in [-0.2, 0) is 9.84 Å². The molecule has 0 fully saturated rings. The van der Waals surface area contributed by atoms with E-state index in [1.165, 1.54) is 6.26 Å². The summed E-state index contributed by atoms with van der Waals surface area (Å²) in [6, 6.07) is 3.53. The fourth-order valence-corrected chi connectivity index (χ4v) is 3.33. The number of sulfone groups is 1. The lowest BCUT2D eigenvalue weighted by Gasteiger charge is -2.16. The van der Waals surface area contributed by atoms with Crippen molar-refractivity contribution in [1.82, 2.24) is 0 Å². The van der Waals surface area contributed by atoms with E-state index in [0.29, 0.717) is 18.0 Å². The van der Waals surface area contributed by atoms with Crippen LogP contribution in [0.1, 0.15) is 24.8 Å². The summed E-state index contributed by atoms with van der Waals surface area (Å²) in [6.45, 7) is 2.53. The van der Waals surface area contributed by atoms with E-state index in [0.717, 1.165) is 12.0 Å². The zero-order valence-corrected chi connectivity index (χ0v) is 11.3. The highest BCUT2D eigenvalue weighted by Crippen LogP contribution is 2.42. The molecule has 18 heavy (non-hydrogen) atoms. The van der Waals surface area contributed by atoms with E-state index in [4.69, 9.17) is 15.2 Å². The summed E-state index contributed by atoms with van der Waals surface area (Å²) in [4.78, 5) is 0.235. The van der Waals surface area contributed by atoms with Crippen LogP contribution in [0.15, 0.2) is 17.0 Å². The van der Waals surface area contributed by atoms with Gasteiger partial charge in [-0.15, -0.1) is 0 Å². The molecule has 0 bridgehead atoms. The van der Waals surface area contributed by atoms with Gasteiger partial charge in [0.15, 0.2) is 21.3 Å². The van der Waals surface area contributed by atoms with Crippen molar-refractivity contribution in [2.75, 3.05) is 19.6 Å². The molecule has 0 radical (unpaired) electrons. The van der Waals surface area contributed by atoms with Gasteiger partial charge in [-0.25, -0.2) is 8.42 Å². The zero-order chi connectivity index (χ0) is 13.3. The smallest absolute Gasteiger partial charge is 0.231 e. The monoisotopic (exact) mass is 271 g/mol. The average molecular weight is 271 g/mol. The molecule has 1 atom stereocenters. The van der Waals surface area contributed by atoms with E-state index >= 15 is 0 Å². The van der Waals surface area contributed by atoms with Crippen molar-refractivity contribution in [3.05, 3.63) is 17.7 Å². The molecule has 1 aliphatic heterocycles. The van der Waals surface area contributed by atoms with Gasteiger partial charge in [-0.1, -0.05) is 13.0 Å². The molecular weight excluding hydrogens is 254 g/mol. The number of benzene rings is 1. The molecule has 100 valence electrons. The van der Waals surface area contributed by atoms with Crippen LogP contribution >= 0.6 is 0 Å². The molecule has 0 aliphatic carbocycles. The summed E-state index contributed by atoms with van der Waals surface area (Å²) in [5, 5.41) is 0. The highest BCUT2D eigenvalue weighted by molar-refractivity contribution is 7.90. The number of hydrogen-bond donors (Lipinski definition) is 1. The molecular formula is C12H17NO4S. The quantitative estimate of drug-likeness (QED) is 0.892. The van der Waals surface area contributed by atoms with E-state index in [9.17, 15) is 8.42 Å². The summed E-state index contributed by atoms with van der Waals surface area (Å²) in [5.41, 5.74) is 6.28. The Bertz CT molecular complexity index is 553. The highest BCUT2D eigenvalue weighted by Gasteiger charge is 2.28. The largest absolute Gasteiger partial charge is 0.454 e. The first-order valence-electron chi connectivity index (χ1n) is 5.77. The van der Waals surface area contributed by atoms with E-state index in [-0.39, 0.29) is 17.6 Å². The third-order valence-corrected chi connectivity index (χ3v) is 4.19. The number of nitrogens with two attached hydrogens (primary N) is 1. The normalized spacial score (nSPS) is 15.7. The van der Waals surface area contributed by atoms with Crippen molar-refractivity contribution < 1.29 is 17.9 Å². The first-order chi connectivity index (χ1) is 8.45. The number of ether oxygens (including phenoxy) is 2. The lowest BCUT2D eigenvalue weighted by atomic mass is 9.97. The molecule has 0 spiro atoms. The van der Waals surface area contributed by atoms with Crippen LogP contribution in [0.4, 0.5) is 0 Å². The number of fused-ring (bicyclic) bond motifs is 1. The fourth-order valence-electron chi connectivity index (χ4n) is 2.14. The summed E-state index contributed by atoms with van der Waals surface area (Å²) in [6.07, 6.45) is 1.91. The minimum atomic E-state index is -3.37. The first-order valence-corrected chi connectivity index (χ1v) is 7.67. The van der Waals surface area contributed by atoms with Gasteiger partial charge in [-0.3, -0.25) is 0 Å². The van der Waals surface area contributed by atoms with Gasteiger partial charge in [0, 0.05) is 6.26 Å². The highest BCUT2D eigenvalue weighted by atomic mass is 32.2. The Balaban J connectivity index is 2.61. The molecule has 0 saturated heterocycles. The summed E-state index contributed by atoms with van der Waals surface area (Å²) in [7, 11) is -3.37. The van der Waals surface area contributed by atoms with Crippen molar-refractivity contribution in [2.24, 2.45) is 5.73 Å². The number of rotatable bonds is 4. The lowest BCUT2D eigenvalue weighted by molar-refractivity contribution is 0.172. The van der Waals surface area contributed by atoms with Crippen LogP contribution in [0.3, 0.4) is 0 Å². The SMILES string of the molecule is CC(CCN)c1ccc2c(c1S(C)(=O)=O)OCO2. The summed E-state index contributed by atoms with van der Waals surface area (Å²) < 4.78 is 34.4. The van der Waals surface area contributed by atoms with Crippen LogP contribution in [0.5, 0.6) is 11.5 Å². The molecule has 6 heteroatoms. The molecule has 2 N–H and O–H groups in total. The zero-order valence-electron chi connectivity index (χ0n) is 10.5. The maximum Gasteiger partial charge on any atom is 0.231 e. The Morgan fingerprint density at radius 2 is 2.11 bits per heavy atom. The van der Waals surface area contributed by atoms with Gasteiger partial charge in [-0.2, -0.15) is 0 Å². The van der Waals surface area contributed by atoms with Crippen molar-refractivity contribution in [3.63, 3.8) is 0 Å². The maximum atomic E-state index is 12.0. The van der Waals surface area contributed by atoms with E-state index < -0.39 is 9.84 Å². The molecule has 1 unspecified atom stereocenters. The Hall–Kier alpha value is -1.27. The molecule has 0 amide bonds. The Morgan fingerprint density at radius 3 is 2.72 bits per heavy atom. The second-order valence-corrected chi connectivity index (χ2v) is 6.42. The fraction of sp³-hybridized carbons (Fsp3) is 0.500. The molecule has 2 rings (SSSR count). The van der Waals surface area contributed by atoms with E-state index in [2.05, 4.69) is 0 Å². The Kier molecular flexibility index (Phi) is 3.49. The number of hydrogen-bond acceptors (Lipinski definition) is 5. The second kappa shape index (κ2) is 4.78. The topological polar surface area (TPSA) is 78.6 Å². The molecule has 5 nitrogen and oxygen atoms in total. The van der Waals surface area contributed by atoms with Crippen molar-refractivity contribution in [3.8, 4) is 11.5 Å². The van der Waals surface area contributed by atoms with Crippen molar-refractivity contribution >= 4 is 9.84 Å². The summed E-state index contributed by atoms with van der Waals surface area (Å²) in [5.74, 6) is 0.882. The van der Waals surface area contributed by atoms with Crippen molar-refractivity contribution in [2.45, 2.75) is 24.2 Å². The van der Waals surface area contributed by atoms with E-state index in [1.54, 1.807) is 12.1 Å². The van der Waals surface area contributed by atoms with Gasteiger partial charge in [0.2, 0.25) is 6.79 Å². The predicted octanol–water partition coefficient (Wildman–Crippen LogP) is 1.27. The summed E-state index contributed by atoms with van der Waals surface area (Å²) >= 11 is 0.